The van der Waals surface area contributed by atoms with Crippen molar-refractivity contribution in [1.82, 2.24) is 4.90 Å². The summed E-state index contributed by atoms with van der Waals surface area (Å²) in [5, 5.41) is 9.25. The topological polar surface area (TPSA) is 40.5 Å². The van der Waals surface area contributed by atoms with Crippen LogP contribution in [0.5, 0.6) is 0 Å². The van der Waals surface area contributed by atoms with Gasteiger partial charge in [-0.15, -0.1) is 0 Å². The number of aliphatic carboxylic acids is 1. The van der Waals surface area contributed by atoms with Gasteiger partial charge in [0.2, 0.25) is 0 Å². The second-order valence-electron chi connectivity index (χ2n) is 5.78. The van der Waals surface area contributed by atoms with Crippen molar-refractivity contribution in [3.05, 3.63) is 35.4 Å². The fourth-order valence-corrected chi connectivity index (χ4v) is 3.84. The quantitative estimate of drug-likeness (QED) is 0.926. The molecule has 2 bridgehead atoms. The van der Waals surface area contributed by atoms with Crippen molar-refractivity contribution in [3.63, 3.8) is 0 Å². The lowest BCUT2D eigenvalue weighted by molar-refractivity contribution is -0.142. The van der Waals surface area contributed by atoms with E-state index in [1.54, 1.807) is 6.07 Å². The zero-order chi connectivity index (χ0) is 14.4. The molecule has 3 nitrogen and oxygen atoms in total. The van der Waals surface area contributed by atoms with Gasteiger partial charge in [0, 0.05) is 18.1 Å². The molecule has 20 heavy (non-hydrogen) atoms. The molecule has 2 fully saturated rings. The second-order valence-corrected chi connectivity index (χ2v) is 5.78. The number of carboxylic acid groups (broad SMARTS) is 1. The minimum atomic E-state index is -0.853. The summed E-state index contributed by atoms with van der Waals surface area (Å²) < 4.78 is 26.4. The van der Waals surface area contributed by atoms with E-state index in [0.29, 0.717) is 12.0 Å². The number of nitrogens with zero attached hydrogens (tertiary/aromatic N) is 1. The Morgan fingerprint density at radius 2 is 2.10 bits per heavy atom. The van der Waals surface area contributed by atoms with Gasteiger partial charge in [0.05, 0.1) is 5.92 Å². The predicted octanol–water partition coefficient (Wildman–Crippen LogP) is 2.96. The van der Waals surface area contributed by atoms with E-state index in [1.165, 1.54) is 6.07 Å². The van der Waals surface area contributed by atoms with Crippen LogP contribution in [-0.2, 0) is 4.79 Å². The molecule has 0 aliphatic carbocycles. The Morgan fingerprint density at radius 3 is 2.70 bits per heavy atom. The van der Waals surface area contributed by atoms with Crippen LogP contribution >= 0.6 is 0 Å². The summed E-state index contributed by atoms with van der Waals surface area (Å²) in [6, 6.07) is 4.09. The van der Waals surface area contributed by atoms with Crippen LogP contribution in [0.1, 0.15) is 37.8 Å². The molecule has 108 valence electrons. The van der Waals surface area contributed by atoms with Gasteiger partial charge < -0.3 is 5.11 Å². The Labute approximate surface area is 116 Å². The molecule has 2 saturated heterocycles. The third-order valence-corrected chi connectivity index (χ3v) is 4.78. The van der Waals surface area contributed by atoms with E-state index in [1.807, 2.05) is 6.92 Å². The van der Waals surface area contributed by atoms with Crippen molar-refractivity contribution < 1.29 is 18.7 Å². The van der Waals surface area contributed by atoms with Gasteiger partial charge in [-0.2, -0.15) is 0 Å². The monoisotopic (exact) mass is 281 g/mol. The van der Waals surface area contributed by atoms with E-state index >= 15 is 0 Å². The Morgan fingerprint density at radius 1 is 1.35 bits per heavy atom. The average Bonchev–Trinajstić information content (AvgIpc) is 2.98. The Hall–Kier alpha value is -1.49. The van der Waals surface area contributed by atoms with Crippen LogP contribution in [-0.4, -0.2) is 28.1 Å². The zero-order valence-corrected chi connectivity index (χ0v) is 11.2. The van der Waals surface area contributed by atoms with Crippen LogP contribution in [0, 0.1) is 17.6 Å². The van der Waals surface area contributed by atoms with E-state index < -0.39 is 17.6 Å². The van der Waals surface area contributed by atoms with E-state index in [9.17, 15) is 18.7 Å². The van der Waals surface area contributed by atoms with Gasteiger partial charge in [0.15, 0.2) is 11.6 Å². The van der Waals surface area contributed by atoms with Gasteiger partial charge in [-0.3, -0.25) is 9.69 Å². The summed E-state index contributed by atoms with van der Waals surface area (Å²) in [4.78, 5) is 13.4. The molecule has 0 radical (unpaired) electrons. The minimum absolute atomic E-state index is 0.0145. The molecule has 2 aliphatic heterocycles. The Balaban J connectivity index is 1.86. The molecule has 3 rings (SSSR count). The van der Waals surface area contributed by atoms with Crippen molar-refractivity contribution in [2.75, 3.05) is 0 Å². The normalized spacial score (nSPS) is 30.6. The number of fused-ring (bicyclic) bond motifs is 2. The maximum absolute atomic E-state index is 13.4. The number of hydrogen-bond donors (Lipinski definition) is 1. The highest BCUT2D eigenvalue weighted by atomic mass is 19.2. The average molecular weight is 281 g/mol. The highest BCUT2D eigenvalue weighted by Crippen LogP contribution is 2.46. The summed E-state index contributed by atoms with van der Waals surface area (Å²) in [6.07, 6.45) is 2.52. The van der Waals surface area contributed by atoms with E-state index in [2.05, 4.69) is 4.90 Å². The standard InChI is InChI=1S/C15H17F2NO2/c1-8(9-2-4-12(16)13(17)6-9)18-10-3-5-14(18)11(7-10)15(19)20/h2,4,6,8,10-11,14H,3,5,7H2,1H3,(H,19,20). The number of hydrogen-bond acceptors (Lipinski definition) is 2. The third kappa shape index (κ3) is 2.00. The number of carboxylic acids is 1. The van der Waals surface area contributed by atoms with Crippen molar-refractivity contribution in [2.24, 2.45) is 5.92 Å². The summed E-state index contributed by atoms with van der Waals surface area (Å²) >= 11 is 0. The highest BCUT2D eigenvalue weighted by Gasteiger charge is 2.50. The van der Waals surface area contributed by atoms with Gasteiger partial charge in [-0.25, -0.2) is 8.78 Å². The number of benzene rings is 1. The second kappa shape index (κ2) is 4.81. The summed E-state index contributed by atoms with van der Waals surface area (Å²) in [5.41, 5.74) is 0.701. The van der Waals surface area contributed by atoms with Crippen molar-refractivity contribution in [2.45, 2.75) is 44.3 Å². The molecule has 2 heterocycles. The molecule has 0 amide bonds. The molecule has 0 saturated carbocycles. The molecule has 0 aromatic heterocycles. The maximum atomic E-state index is 13.4. The van der Waals surface area contributed by atoms with Gasteiger partial charge in [0.25, 0.3) is 0 Å². The molecule has 1 N–H and O–H groups in total. The fraction of sp³-hybridized carbons (Fsp3) is 0.533. The van der Waals surface area contributed by atoms with Crippen LogP contribution in [0.4, 0.5) is 8.78 Å². The summed E-state index contributed by atoms with van der Waals surface area (Å²) in [6.45, 7) is 1.93. The molecule has 5 heteroatoms. The molecule has 4 unspecified atom stereocenters. The fourth-order valence-electron chi connectivity index (χ4n) is 3.84. The molecule has 1 aromatic rings. The van der Waals surface area contributed by atoms with Gasteiger partial charge in [-0.1, -0.05) is 6.07 Å². The van der Waals surface area contributed by atoms with E-state index in [-0.39, 0.29) is 24.0 Å². The van der Waals surface area contributed by atoms with Gasteiger partial charge in [-0.05, 0) is 43.9 Å². The lowest BCUT2D eigenvalue weighted by atomic mass is 9.89. The Kier molecular flexibility index (Phi) is 3.24. The first-order chi connectivity index (χ1) is 9.49. The molecule has 1 aromatic carbocycles. The van der Waals surface area contributed by atoms with Crippen LogP contribution in [0.2, 0.25) is 0 Å². The molecular weight excluding hydrogens is 264 g/mol. The van der Waals surface area contributed by atoms with Crippen molar-refractivity contribution >= 4 is 5.97 Å². The van der Waals surface area contributed by atoms with Crippen LogP contribution in [0.3, 0.4) is 0 Å². The van der Waals surface area contributed by atoms with Crippen LogP contribution in [0.25, 0.3) is 0 Å². The SMILES string of the molecule is CC(c1ccc(F)c(F)c1)N1C2CCC1C(C(=O)O)C2. The van der Waals surface area contributed by atoms with Gasteiger partial charge >= 0.3 is 5.97 Å². The number of carbonyl (C=O) groups is 1. The first-order valence-corrected chi connectivity index (χ1v) is 6.94. The molecule has 0 spiro atoms. The summed E-state index contributed by atoms with van der Waals surface area (Å²) in [7, 11) is 0. The lowest BCUT2D eigenvalue weighted by Crippen LogP contribution is -2.35. The number of halogens is 2. The molecular formula is C15H17F2NO2. The smallest absolute Gasteiger partial charge is 0.308 e. The minimum Gasteiger partial charge on any atom is -0.481 e. The highest BCUT2D eigenvalue weighted by molar-refractivity contribution is 5.71. The first kappa shape index (κ1) is 13.5. The van der Waals surface area contributed by atoms with Crippen molar-refractivity contribution in [1.29, 1.82) is 0 Å². The Bertz CT molecular complexity index is 549. The third-order valence-electron chi connectivity index (χ3n) is 4.78. The molecule has 2 aliphatic rings. The predicted molar refractivity (Wildman–Crippen MR) is 69.2 cm³/mol. The summed E-state index contributed by atoms with van der Waals surface area (Å²) in [5.74, 6) is -2.79. The van der Waals surface area contributed by atoms with Gasteiger partial charge in [0.1, 0.15) is 0 Å². The number of rotatable bonds is 3. The first-order valence-electron chi connectivity index (χ1n) is 6.94. The van der Waals surface area contributed by atoms with E-state index in [0.717, 1.165) is 18.9 Å². The maximum Gasteiger partial charge on any atom is 0.308 e. The van der Waals surface area contributed by atoms with Crippen molar-refractivity contribution in [3.8, 4) is 0 Å². The van der Waals surface area contributed by atoms with Crippen LogP contribution < -0.4 is 0 Å². The molecule has 4 atom stereocenters. The van der Waals surface area contributed by atoms with E-state index in [4.69, 9.17) is 0 Å². The largest absolute Gasteiger partial charge is 0.481 e. The lowest BCUT2D eigenvalue weighted by Gasteiger charge is -2.30. The zero-order valence-electron chi connectivity index (χ0n) is 11.2. The van der Waals surface area contributed by atoms with Crippen LogP contribution in [0.15, 0.2) is 18.2 Å².